The highest BCUT2D eigenvalue weighted by molar-refractivity contribution is 9.10. The number of benzene rings is 3. The van der Waals surface area contributed by atoms with Crippen molar-refractivity contribution < 1.29 is 24.0 Å². The molecule has 0 atom stereocenters. The molecule has 0 spiro atoms. The number of ketones is 1. The summed E-state index contributed by atoms with van der Waals surface area (Å²) < 4.78 is 12.0. The van der Waals surface area contributed by atoms with Crippen LogP contribution < -0.4 is 9.47 Å². The second-order valence-electron chi connectivity index (χ2n) is 6.80. The van der Waals surface area contributed by atoms with Crippen molar-refractivity contribution in [3.63, 3.8) is 0 Å². The lowest BCUT2D eigenvalue weighted by Gasteiger charge is -2.08. The zero-order valence-corrected chi connectivity index (χ0v) is 17.7. The number of allylic oxidation sites excluding steroid dienone is 1. The van der Waals surface area contributed by atoms with Crippen LogP contribution >= 0.6 is 15.9 Å². The Balaban J connectivity index is 1.60. The number of carbonyl (C=O) groups excluding carboxylic acids is 2. The predicted octanol–water partition coefficient (Wildman–Crippen LogP) is 5.50. The van der Waals surface area contributed by atoms with Crippen LogP contribution in [0.3, 0.4) is 0 Å². The van der Waals surface area contributed by atoms with Crippen molar-refractivity contribution in [2.45, 2.75) is 6.92 Å². The van der Waals surface area contributed by atoms with Gasteiger partial charge in [-0.3, -0.25) is 14.9 Å². The molecular formula is C23H14BrNO6. The molecule has 0 saturated heterocycles. The van der Waals surface area contributed by atoms with Gasteiger partial charge in [0.1, 0.15) is 11.5 Å². The fourth-order valence-electron chi connectivity index (χ4n) is 3.17. The first-order valence-electron chi connectivity index (χ1n) is 9.13. The van der Waals surface area contributed by atoms with Gasteiger partial charge in [0.05, 0.1) is 16.1 Å². The first kappa shape index (κ1) is 20.5. The summed E-state index contributed by atoms with van der Waals surface area (Å²) in [5, 5.41) is 11.0. The number of carbonyl (C=O) groups is 2. The van der Waals surface area contributed by atoms with Gasteiger partial charge in [-0.2, -0.15) is 0 Å². The molecule has 0 amide bonds. The average Bonchev–Trinajstić information content (AvgIpc) is 3.04. The third-order valence-corrected chi connectivity index (χ3v) is 5.14. The van der Waals surface area contributed by atoms with E-state index in [0.717, 1.165) is 4.47 Å². The summed E-state index contributed by atoms with van der Waals surface area (Å²) in [7, 11) is 0. The summed E-state index contributed by atoms with van der Waals surface area (Å²) in [6.07, 6.45) is 1.45. The maximum Gasteiger partial charge on any atom is 0.343 e. The highest BCUT2D eigenvalue weighted by Gasteiger charge is 2.30. The quantitative estimate of drug-likeness (QED) is 0.161. The zero-order valence-electron chi connectivity index (χ0n) is 16.1. The maximum absolute atomic E-state index is 12.8. The number of nitro groups is 1. The summed E-state index contributed by atoms with van der Waals surface area (Å²) in [5.74, 6) is -0.336. The molecule has 0 aromatic heterocycles. The molecule has 0 aliphatic carbocycles. The highest BCUT2D eigenvalue weighted by atomic mass is 79.9. The summed E-state index contributed by atoms with van der Waals surface area (Å²) >= 11 is 3.31. The molecule has 31 heavy (non-hydrogen) atoms. The fourth-order valence-corrected chi connectivity index (χ4v) is 3.43. The van der Waals surface area contributed by atoms with Crippen LogP contribution in [0, 0.1) is 17.0 Å². The lowest BCUT2D eigenvalue weighted by Crippen LogP contribution is -2.08. The Morgan fingerprint density at radius 2 is 1.87 bits per heavy atom. The van der Waals surface area contributed by atoms with Gasteiger partial charge < -0.3 is 9.47 Å². The van der Waals surface area contributed by atoms with E-state index in [9.17, 15) is 19.7 Å². The van der Waals surface area contributed by atoms with Gasteiger partial charge in [-0.25, -0.2) is 4.79 Å². The van der Waals surface area contributed by atoms with Crippen LogP contribution in [0.2, 0.25) is 0 Å². The summed E-state index contributed by atoms with van der Waals surface area (Å²) in [5.41, 5.74) is 1.70. The monoisotopic (exact) mass is 479 g/mol. The van der Waals surface area contributed by atoms with Gasteiger partial charge in [0.25, 0.3) is 5.69 Å². The molecule has 1 aliphatic rings. The van der Waals surface area contributed by atoms with E-state index in [2.05, 4.69) is 15.9 Å². The van der Waals surface area contributed by atoms with Gasteiger partial charge >= 0.3 is 5.97 Å². The Bertz CT molecular complexity index is 1260. The second-order valence-corrected chi connectivity index (χ2v) is 7.72. The van der Waals surface area contributed by atoms with E-state index in [1.54, 1.807) is 43.3 Å². The number of hydrogen-bond donors (Lipinski definition) is 0. The van der Waals surface area contributed by atoms with E-state index in [0.29, 0.717) is 22.3 Å². The molecule has 154 valence electrons. The molecule has 7 nitrogen and oxygen atoms in total. The van der Waals surface area contributed by atoms with Crippen molar-refractivity contribution in [2.75, 3.05) is 0 Å². The van der Waals surface area contributed by atoms with Crippen molar-refractivity contribution in [3.05, 3.63) is 103 Å². The van der Waals surface area contributed by atoms with Gasteiger partial charge in [0.2, 0.25) is 5.78 Å². The van der Waals surface area contributed by atoms with Crippen molar-refractivity contribution >= 4 is 39.4 Å². The fraction of sp³-hybridized carbons (Fsp3) is 0.0435. The number of halogens is 1. The van der Waals surface area contributed by atoms with Gasteiger partial charge in [-0.05, 0) is 54.5 Å². The molecule has 3 aromatic rings. The Kier molecular flexibility index (Phi) is 5.39. The molecule has 0 bridgehead atoms. The SMILES string of the molecule is Cc1cc(OC(=O)c2ccc(Br)cc2)cc2c1C(=O)/C(=C/c1cccc([N+](=O)[O-])c1)O2. The number of nitro benzene ring substituents is 1. The van der Waals surface area contributed by atoms with E-state index in [-0.39, 0.29) is 28.7 Å². The van der Waals surface area contributed by atoms with Crippen LogP contribution in [0.1, 0.15) is 31.8 Å². The van der Waals surface area contributed by atoms with E-state index in [4.69, 9.17) is 9.47 Å². The Morgan fingerprint density at radius 1 is 1.13 bits per heavy atom. The van der Waals surface area contributed by atoms with Gasteiger partial charge in [0.15, 0.2) is 5.76 Å². The van der Waals surface area contributed by atoms with E-state index in [1.165, 1.54) is 30.3 Å². The van der Waals surface area contributed by atoms with Crippen molar-refractivity contribution in [3.8, 4) is 11.5 Å². The highest BCUT2D eigenvalue weighted by Crippen LogP contribution is 2.38. The zero-order chi connectivity index (χ0) is 22.1. The number of Topliss-reactive ketones (excluding diaryl/α,β-unsaturated/α-hetero) is 1. The second kappa shape index (κ2) is 8.16. The number of hydrogen-bond acceptors (Lipinski definition) is 6. The smallest absolute Gasteiger partial charge is 0.343 e. The molecule has 0 saturated carbocycles. The maximum atomic E-state index is 12.8. The van der Waals surface area contributed by atoms with E-state index >= 15 is 0 Å². The molecular weight excluding hydrogens is 466 g/mol. The van der Waals surface area contributed by atoms with Crippen LogP contribution in [0.25, 0.3) is 6.08 Å². The number of nitrogens with zero attached hydrogens (tertiary/aromatic N) is 1. The number of ether oxygens (including phenoxy) is 2. The summed E-state index contributed by atoms with van der Waals surface area (Å²) in [4.78, 5) is 35.6. The number of fused-ring (bicyclic) bond motifs is 1. The molecule has 1 aliphatic heterocycles. The van der Waals surface area contributed by atoms with Gasteiger partial charge in [0, 0.05) is 22.7 Å². The van der Waals surface area contributed by atoms with Crippen LogP contribution in [0.5, 0.6) is 11.5 Å². The third-order valence-electron chi connectivity index (χ3n) is 4.61. The lowest BCUT2D eigenvalue weighted by molar-refractivity contribution is -0.384. The Labute approximate surface area is 185 Å². The Hall–Kier alpha value is -3.78. The molecule has 0 fully saturated rings. The molecule has 0 unspecified atom stereocenters. The van der Waals surface area contributed by atoms with Crippen LogP contribution in [0.15, 0.2) is 70.9 Å². The molecule has 0 N–H and O–H groups in total. The van der Waals surface area contributed by atoms with Crippen molar-refractivity contribution in [2.24, 2.45) is 0 Å². The summed E-state index contributed by atoms with van der Waals surface area (Å²) in [6.45, 7) is 1.72. The van der Waals surface area contributed by atoms with Gasteiger partial charge in [-0.15, -0.1) is 0 Å². The molecule has 4 rings (SSSR count). The molecule has 8 heteroatoms. The van der Waals surface area contributed by atoms with Crippen molar-refractivity contribution in [1.82, 2.24) is 0 Å². The first-order valence-corrected chi connectivity index (χ1v) is 9.92. The van der Waals surface area contributed by atoms with E-state index in [1.807, 2.05) is 0 Å². The largest absolute Gasteiger partial charge is 0.452 e. The Morgan fingerprint density at radius 3 is 2.58 bits per heavy atom. The molecule has 1 heterocycles. The van der Waals surface area contributed by atoms with Crippen LogP contribution in [0.4, 0.5) is 5.69 Å². The normalized spacial score (nSPS) is 13.6. The number of rotatable bonds is 4. The number of aryl methyl sites for hydroxylation is 1. The minimum atomic E-state index is -0.538. The number of non-ortho nitro benzene ring substituents is 1. The summed E-state index contributed by atoms with van der Waals surface area (Å²) in [6, 6.07) is 15.7. The van der Waals surface area contributed by atoms with Crippen LogP contribution in [-0.4, -0.2) is 16.7 Å². The molecule has 3 aromatic carbocycles. The third kappa shape index (κ3) is 4.24. The minimum Gasteiger partial charge on any atom is -0.452 e. The number of esters is 1. The van der Waals surface area contributed by atoms with Crippen molar-refractivity contribution in [1.29, 1.82) is 0 Å². The minimum absolute atomic E-state index is 0.0370. The van der Waals surface area contributed by atoms with E-state index < -0.39 is 10.9 Å². The standard InChI is InChI=1S/C23H14BrNO6/c1-13-9-18(30-23(27)15-5-7-16(24)8-6-15)12-19-21(13)22(26)20(31-19)11-14-3-2-4-17(10-14)25(28)29/h2-12H,1H3/b20-11-. The first-order chi connectivity index (χ1) is 14.8. The van der Waals surface area contributed by atoms with Gasteiger partial charge in [-0.1, -0.05) is 28.1 Å². The average molecular weight is 480 g/mol. The lowest BCUT2D eigenvalue weighted by atomic mass is 10.0. The topological polar surface area (TPSA) is 95.7 Å². The van der Waals surface area contributed by atoms with Crippen LogP contribution in [-0.2, 0) is 0 Å². The predicted molar refractivity (Wildman–Crippen MR) is 116 cm³/mol. The molecule has 0 radical (unpaired) electrons.